The lowest BCUT2D eigenvalue weighted by molar-refractivity contribution is -0.384. The van der Waals surface area contributed by atoms with Crippen molar-refractivity contribution in [2.24, 2.45) is 0 Å². The van der Waals surface area contributed by atoms with E-state index in [0.717, 1.165) is 17.1 Å². The molecular formula is C23H23N5O3. The van der Waals surface area contributed by atoms with Gasteiger partial charge in [0.05, 0.1) is 10.6 Å². The van der Waals surface area contributed by atoms with E-state index in [2.05, 4.69) is 47.1 Å². The number of aromatic nitrogens is 2. The molecule has 0 spiro atoms. The van der Waals surface area contributed by atoms with Crippen molar-refractivity contribution >= 4 is 17.4 Å². The van der Waals surface area contributed by atoms with Crippen molar-refractivity contribution in [1.29, 1.82) is 0 Å². The first-order chi connectivity index (χ1) is 14.9. The van der Waals surface area contributed by atoms with E-state index in [1.54, 1.807) is 4.90 Å². The quantitative estimate of drug-likeness (QED) is 0.475. The third-order valence-electron chi connectivity index (χ3n) is 5.67. The molecule has 1 saturated heterocycles. The highest BCUT2D eigenvalue weighted by atomic mass is 16.6. The first kappa shape index (κ1) is 20.5. The van der Waals surface area contributed by atoms with E-state index in [1.807, 2.05) is 12.1 Å². The van der Waals surface area contributed by atoms with Crippen molar-refractivity contribution in [3.05, 3.63) is 81.4 Å². The molecular weight excluding hydrogens is 394 g/mol. The Morgan fingerprint density at radius 2 is 1.61 bits per heavy atom. The van der Waals surface area contributed by atoms with Gasteiger partial charge in [0.25, 0.3) is 11.6 Å². The van der Waals surface area contributed by atoms with E-state index < -0.39 is 4.92 Å². The fraction of sp³-hybridized carbons (Fsp3) is 0.261. The Labute approximate surface area is 180 Å². The second kappa shape index (κ2) is 8.51. The van der Waals surface area contributed by atoms with Gasteiger partial charge in [-0.3, -0.25) is 14.9 Å². The molecule has 1 aromatic heterocycles. The lowest BCUT2D eigenvalue weighted by atomic mass is 10.0. The van der Waals surface area contributed by atoms with E-state index in [0.29, 0.717) is 31.7 Å². The summed E-state index contributed by atoms with van der Waals surface area (Å²) in [6.45, 7) is 6.57. The average Bonchev–Trinajstić information content (AvgIpc) is 2.81. The van der Waals surface area contributed by atoms with Crippen LogP contribution < -0.4 is 4.90 Å². The van der Waals surface area contributed by atoms with Gasteiger partial charge in [0.15, 0.2) is 5.82 Å². The second-order valence-corrected chi connectivity index (χ2v) is 7.66. The lowest BCUT2D eigenvalue weighted by Gasteiger charge is -2.35. The molecule has 1 amide bonds. The molecule has 3 aromatic rings. The first-order valence-electron chi connectivity index (χ1n) is 10.1. The van der Waals surface area contributed by atoms with Crippen molar-refractivity contribution in [2.45, 2.75) is 13.8 Å². The predicted octanol–water partition coefficient (Wildman–Crippen LogP) is 3.63. The topological polar surface area (TPSA) is 92.5 Å². The van der Waals surface area contributed by atoms with Crippen molar-refractivity contribution in [3.63, 3.8) is 0 Å². The minimum Gasteiger partial charge on any atom is -0.352 e. The van der Waals surface area contributed by atoms with Gasteiger partial charge < -0.3 is 9.80 Å². The number of rotatable bonds is 4. The minimum atomic E-state index is -0.473. The summed E-state index contributed by atoms with van der Waals surface area (Å²) in [4.78, 5) is 26.9. The fourth-order valence-electron chi connectivity index (χ4n) is 3.60. The maximum atomic E-state index is 12.7. The summed E-state index contributed by atoms with van der Waals surface area (Å²) in [6, 6.07) is 15.9. The third kappa shape index (κ3) is 4.37. The molecule has 0 unspecified atom stereocenters. The van der Waals surface area contributed by atoms with Crippen molar-refractivity contribution in [3.8, 4) is 11.3 Å². The summed E-state index contributed by atoms with van der Waals surface area (Å²) in [7, 11) is 0. The summed E-state index contributed by atoms with van der Waals surface area (Å²) in [5.41, 5.74) is 4.77. The zero-order valence-electron chi connectivity index (χ0n) is 17.5. The Balaban J connectivity index is 1.38. The number of amides is 1. The molecule has 1 fully saturated rings. The number of benzene rings is 2. The Hall–Kier alpha value is -3.81. The molecule has 2 aromatic carbocycles. The number of anilines is 1. The van der Waals surface area contributed by atoms with Crippen LogP contribution in [0.3, 0.4) is 0 Å². The number of carbonyl (C=O) groups excluding carboxylic acids is 1. The number of hydrogen-bond donors (Lipinski definition) is 0. The number of nitro groups is 1. The van der Waals surface area contributed by atoms with Crippen molar-refractivity contribution in [1.82, 2.24) is 15.1 Å². The van der Waals surface area contributed by atoms with E-state index in [9.17, 15) is 14.9 Å². The molecule has 1 aliphatic heterocycles. The fourth-order valence-corrected chi connectivity index (χ4v) is 3.60. The summed E-state index contributed by atoms with van der Waals surface area (Å²) in [5, 5.41) is 19.6. The number of non-ortho nitro benzene ring substituents is 1. The van der Waals surface area contributed by atoms with Crippen LogP contribution in [0.5, 0.6) is 0 Å². The van der Waals surface area contributed by atoms with Gasteiger partial charge in [0.1, 0.15) is 0 Å². The molecule has 0 aliphatic carbocycles. The van der Waals surface area contributed by atoms with Crippen LogP contribution in [-0.4, -0.2) is 52.1 Å². The Morgan fingerprint density at radius 1 is 0.903 bits per heavy atom. The van der Waals surface area contributed by atoms with Gasteiger partial charge >= 0.3 is 0 Å². The van der Waals surface area contributed by atoms with Gasteiger partial charge in [0, 0.05) is 49.4 Å². The Morgan fingerprint density at radius 3 is 2.19 bits per heavy atom. The summed E-state index contributed by atoms with van der Waals surface area (Å²) >= 11 is 0. The minimum absolute atomic E-state index is 0.0239. The van der Waals surface area contributed by atoms with Crippen LogP contribution in [0.2, 0.25) is 0 Å². The molecule has 0 bridgehead atoms. The van der Waals surface area contributed by atoms with Crippen LogP contribution in [0, 0.1) is 24.0 Å². The van der Waals surface area contributed by atoms with E-state index in [4.69, 9.17) is 0 Å². The molecule has 4 rings (SSSR count). The molecule has 31 heavy (non-hydrogen) atoms. The summed E-state index contributed by atoms with van der Waals surface area (Å²) < 4.78 is 0. The van der Waals surface area contributed by atoms with Crippen LogP contribution in [0.15, 0.2) is 54.6 Å². The largest absolute Gasteiger partial charge is 0.352 e. The number of nitro benzene ring substituents is 1. The molecule has 1 aliphatic rings. The van der Waals surface area contributed by atoms with Crippen LogP contribution in [0.25, 0.3) is 11.3 Å². The van der Waals surface area contributed by atoms with Gasteiger partial charge in [-0.15, -0.1) is 10.2 Å². The number of nitrogens with zero attached hydrogens (tertiary/aromatic N) is 5. The Kier molecular flexibility index (Phi) is 5.62. The van der Waals surface area contributed by atoms with Gasteiger partial charge in [0.2, 0.25) is 0 Å². The highest BCUT2D eigenvalue weighted by Gasteiger charge is 2.23. The second-order valence-electron chi connectivity index (χ2n) is 7.66. The number of aryl methyl sites for hydroxylation is 2. The highest BCUT2D eigenvalue weighted by Crippen LogP contribution is 2.22. The molecule has 158 valence electrons. The maximum Gasteiger partial charge on any atom is 0.269 e. The van der Waals surface area contributed by atoms with E-state index in [-0.39, 0.29) is 11.6 Å². The number of piperazine rings is 1. The monoisotopic (exact) mass is 417 g/mol. The number of carbonyl (C=O) groups is 1. The third-order valence-corrected chi connectivity index (χ3v) is 5.67. The molecule has 0 radical (unpaired) electrons. The van der Waals surface area contributed by atoms with Gasteiger partial charge in [-0.25, -0.2) is 0 Å². The van der Waals surface area contributed by atoms with Crippen LogP contribution in [-0.2, 0) is 0 Å². The van der Waals surface area contributed by atoms with Gasteiger partial charge in [-0.2, -0.15) is 0 Å². The lowest BCUT2D eigenvalue weighted by Crippen LogP contribution is -2.49. The molecule has 0 N–H and O–H groups in total. The molecule has 8 heteroatoms. The molecule has 0 atom stereocenters. The van der Waals surface area contributed by atoms with Gasteiger partial charge in [-0.1, -0.05) is 12.1 Å². The summed E-state index contributed by atoms with van der Waals surface area (Å²) in [6.07, 6.45) is 0. The molecule has 2 heterocycles. The summed E-state index contributed by atoms with van der Waals surface area (Å²) in [5.74, 6) is 0.667. The zero-order chi connectivity index (χ0) is 22.0. The Bertz CT molecular complexity index is 1110. The maximum absolute atomic E-state index is 12.7. The van der Waals surface area contributed by atoms with Crippen molar-refractivity contribution < 1.29 is 9.72 Å². The van der Waals surface area contributed by atoms with Crippen LogP contribution in [0.1, 0.15) is 21.5 Å². The van der Waals surface area contributed by atoms with E-state index >= 15 is 0 Å². The molecule has 0 saturated carbocycles. The SMILES string of the molecule is Cc1ccc(-c2ccc(N3CCN(C(=O)c4ccc([N+](=O)[O-])cc4)CC3)nn2)cc1C. The zero-order valence-corrected chi connectivity index (χ0v) is 17.5. The molecule has 8 nitrogen and oxygen atoms in total. The van der Waals surface area contributed by atoms with Crippen molar-refractivity contribution in [2.75, 3.05) is 31.1 Å². The van der Waals surface area contributed by atoms with Crippen LogP contribution >= 0.6 is 0 Å². The predicted molar refractivity (Wildman–Crippen MR) is 118 cm³/mol. The average molecular weight is 417 g/mol. The first-order valence-corrected chi connectivity index (χ1v) is 10.1. The van der Waals surface area contributed by atoms with Gasteiger partial charge in [-0.05, 0) is 55.3 Å². The van der Waals surface area contributed by atoms with Crippen LogP contribution in [0.4, 0.5) is 11.5 Å². The standard InChI is InChI=1S/C23H23N5O3/c1-16-3-4-19(15-17(16)2)21-9-10-22(25-24-21)26-11-13-27(14-12-26)23(29)18-5-7-20(8-6-18)28(30)31/h3-10,15H,11-14H2,1-2H3. The smallest absolute Gasteiger partial charge is 0.269 e. The highest BCUT2D eigenvalue weighted by molar-refractivity contribution is 5.94. The normalized spacial score (nSPS) is 13.9. The van der Waals surface area contributed by atoms with E-state index in [1.165, 1.54) is 35.4 Å². The number of hydrogen-bond acceptors (Lipinski definition) is 6.